The molecule has 1 saturated heterocycles. The van der Waals surface area contributed by atoms with E-state index in [0.717, 1.165) is 35.4 Å². The van der Waals surface area contributed by atoms with Crippen LogP contribution in [0.15, 0.2) is 36.4 Å². The van der Waals surface area contributed by atoms with E-state index in [1.807, 2.05) is 0 Å². The zero-order valence-corrected chi connectivity index (χ0v) is 22.9. The monoisotopic (exact) mass is 575 g/mol. The molecule has 2 N–H and O–H groups in total. The molecule has 8 nitrogen and oxygen atoms in total. The van der Waals surface area contributed by atoms with Crippen LogP contribution < -0.4 is 10.1 Å². The molecule has 1 aliphatic heterocycles. The molecule has 0 bridgehead atoms. The number of rotatable bonds is 9. The van der Waals surface area contributed by atoms with Crippen LogP contribution in [-0.4, -0.2) is 58.6 Å². The van der Waals surface area contributed by atoms with Gasteiger partial charge in [-0.1, -0.05) is 36.6 Å². The molecule has 3 aliphatic rings. The Bertz CT molecular complexity index is 1300. The van der Waals surface area contributed by atoms with Gasteiger partial charge in [-0.15, -0.1) is 0 Å². The minimum atomic E-state index is -1.25. The van der Waals surface area contributed by atoms with Crippen LogP contribution in [0, 0.1) is 23.5 Å². The molecule has 2 aliphatic carbocycles. The first-order valence-corrected chi connectivity index (χ1v) is 13.9. The highest BCUT2D eigenvalue weighted by atomic mass is 35.5. The molecule has 2 aromatic rings. The fourth-order valence-electron chi connectivity index (χ4n) is 6.40. The van der Waals surface area contributed by atoms with E-state index in [2.05, 4.69) is 5.32 Å². The fraction of sp³-hybridized carbons (Fsp3) is 0.483. The number of β-amino-alcohol motifs (C(OH)–C–C–N with tert-alkyl or cyclic N) is 1. The molecule has 3 fully saturated rings. The third kappa shape index (κ3) is 4.92. The number of nitrogens with zero attached hydrogens (tertiary/aromatic N) is 2. The predicted octanol–water partition coefficient (Wildman–Crippen LogP) is 4.58. The van der Waals surface area contributed by atoms with Crippen molar-refractivity contribution in [2.24, 2.45) is 11.8 Å². The van der Waals surface area contributed by atoms with E-state index in [9.17, 15) is 23.9 Å². The molecular formula is C29H32ClF2N3O5. The molecule has 4 amide bonds. The number of halogens is 3. The number of imide groups is 1. The van der Waals surface area contributed by atoms with Gasteiger partial charge in [0.1, 0.15) is 22.9 Å². The Balaban J connectivity index is 1.33. The standard InChI is InChI=1S/C29H32ClF2N3O5/c1-40-20-8-6-17(7-9-20)16-34-27(38)29(35(12-13-36)28(34)39)14-19(15-29)26(37)33-25(18-4-2-3-5-18)23-22(31)11-10-21(30)24(23)32/h6-11,18-19,25,36H,2-5,12-16H2,1H3,(H,33,37)/t19?,25-,29?/m0/s1. The van der Waals surface area contributed by atoms with Crippen LogP contribution in [0.1, 0.15) is 55.7 Å². The first-order valence-electron chi connectivity index (χ1n) is 13.5. The van der Waals surface area contributed by atoms with Crippen molar-refractivity contribution in [3.63, 3.8) is 0 Å². The van der Waals surface area contributed by atoms with Gasteiger partial charge in [-0.2, -0.15) is 0 Å². The average Bonchev–Trinajstić information content (AvgIpc) is 3.53. The zero-order chi connectivity index (χ0) is 28.6. The van der Waals surface area contributed by atoms with Crippen LogP contribution in [0.25, 0.3) is 0 Å². The Morgan fingerprint density at radius 2 is 1.82 bits per heavy atom. The Morgan fingerprint density at radius 3 is 2.45 bits per heavy atom. The minimum Gasteiger partial charge on any atom is -0.497 e. The van der Waals surface area contributed by atoms with E-state index < -0.39 is 47.0 Å². The fourth-order valence-corrected chi connectivity index (χ4v) is 6.56. The summed E-state index contributed by atoms with van der Waals surface area (Å²) in [6.07, 6.45) is 3.32. The molecule has 40 heavy (non-hydrogen) atoms. The lowest BCUT2D eigenvalue weighted by atomic mass is 9.66. The maximum Gasteiger partial charge on any atom is 0.328 e. The van der Waals surface area contributed by atoms with Gasteiger partial charge in [0.2, 0.25) is 5.91 Å². The number of aliphatic hydroxyl groups excluding tert-OH is 1. The van der Waals surface area contributed by atoms with Crippen LogP contribution >= 0.6 is 11.6 Å². The lowest BCUT2D eigenvalue weighted by Gasteiger charge is -2.47. The number of hydrogen-bond donors (Lipinski definition) is 2. The Morgan fingerprint density at radius 1 is 1.15 bits per heavy atom. The van der Waals surface area contributed by atoms with Gasteiger partial charge in [0.05, 0.1) is 31.3 Å². The van der Waals surface area contributed by atoms with Gasteiger partial charge in [0.15, 0.2) is 0 Å². The van der Waals surface area contributed by atoms with Crippen molar-refractivity contribution in [1.29, 1.82) is 0 Å². The van der Waals surface area contributed by atoms with E-state index in [-0.39, 0.29) is 49.0 Å². The van der Waals surface area contributed by atoms with Gasteiger partial charge in [0.25, 0.3) is 5.91 Å². The predicted molar refractivity (Wildman–Crippen MR) is 142 cm³/mol. The van der Waals surface area contributed by atoms with Crippen molar-refractivity contribution >= 4 is 29.4 Å². The summed E-state index contributed by atoms with van der Waals surface area (Å²) in [4.78, 5) is 42.8. The first kappa shape index (κ1) is 28.3. The van der Waals surface area contributed by atoms with Gasteiger partial charge in [0, 0.05) is 18.0 Å². The Labute approximate surface area is 236 Å². The number of hydrogen-bond acceptors (Lipinski definition) is 5. The van der Waals surface area contributed by atoms with Crippen molar-refractivity contribution in [2.75, 3.05) is 20.3 Å². The number of nitrogens with one attached hydrogen (secondary N) is 1. The lowest BCUT2D eigenvalue weighted by Crippen LogP contribution is -2.62. The van der Waals surface area contributed by atoms with E-state index in [4.69, 9.17) is 16.3 Å². The normalized spacial score (nSPS) is 23.6. The molecule has 1 atom stereocenters. The third-order valence-electron chi connectivity index (χ3n) is 8.54. The first-order chi connectivity index (χ1) is 19.2. The summed E-state index contributed by atoms with van der Waals surface area (Å²) in [7, 11) is 1.54. The van der Waals surface area contributed by atoms with Crippen molar-refractivity contribution in [3.8, 4) is 5.75 Å². The van der Waals surface area contributed by atoms with Crippen LogP contribution in [0.4, 0.5) is 13.6 Å². The van der Waals surface area contributed by atoms with E-state index >= 15 is 4.39 Å². The maximum absolute atomic E-state index is 15.0. The maximum atomic E-state index is 15.0. The highest BCUT2D eigenvalue weighted by Gasteiger charge is 2.64. The Hall–Kier alpha value is -3.24. The largest absolute Gasteiger partial charge is 0.497 e. The second-order valence-electron chi connectivity index (χ2n) is 10.8. The number of aliphatic hydroxyl groups is 1. The van der Waals surface area contributed by atoms with Gasteiger partial charge in [-0.25, -0.2) is 13.6 Å². The van der Waals surface area contributed by atoms with Crippen LogP contribution in [0.5, 0.6) is 5.75 Å². The molecule has 2 aromatic carbocycles. The minimum absolute atomic E-state index is 0.0409. The molecule has 5 rings (SSSR count). The highest BCUT2D eigenvalue weighted by Crippen LogP contribution is 2.49. The summed E-state index contributed by atoms with van der Waals surface area (Å²) >= 11 is 5.96. The zero-order valence-electron chi connectivity index (χ0n) is 22.2. The summed E-state index contributed by atoms with van der Waals surface area (Å²) < 4.78 is 35.0. The average molecular weight is 576 g/mol. The smallest absolute Gasteiger partial charge is 0.328 e. The second-order valence-corrected chi connectivity index (χ2v) is 11.2. The van der Waals surface area contributed by atoms with Crippen molar-refractivity contribution < 1.29 is 33.0 Å². The quantitative estimate of drug-likeness (QED) is 0.337. The molecular weight excluding hydrogens is 544 g/mol. The molecule has 1 heterocycles. The van der Waals surface area contributed by atoms with Gasteiger partial charge in [-0.05, 0) is 61.4 Å². The van der Waals surface area contributed by atoms with Crippen molar-refractivity contribution in [3.05, 3.63) is 64.2 Å². The molecule has 11 heteroatoms. The van der Waals surface area contributed by atoms with E-state index in [1.54, 1.807) is 31.4 Å². The summed E-state index contributed by atoms with van der Waals surface area (Å²) in [6.45, 7) is -0.355. The SMILES string of the molecule is COc1ccc(CN2C(=O)N(CCO)C3(CC(C(=O)N[C@H](c4c(F)ccc(Cl)c4F)C4CCCC4)C3)C2=O)cc1. The topological polar surface area (TPSA) is 99.2 Å². The molecule has 2 saturated carbocycles. The van der Waals surface area contributed by atoms with Gasteiger partial charge < -0.3 is 20.1 Å². The molecule has 1 spiro atoms. The van der Waals surface area contributed by atoms with Crippen molar-refractivity contribution in [2.45, 2.75) is 56.7 Å². The number of urea groups is 1. The molecule has 0 radical (unpaired) electrons. The summed E-state index contributed by atoms with van der Waals surface area (Å²) in [5.74, 6) is -2.67. The van der Waals surface area contributed by atoms with E-state index in [1.165, 1.54) is 4.90 Å². The van der Waals surface area contributed by atoms with Crippen molar-refractivity contribution in [1.82, 2.24) is 15.1 Å². The number of amides is 4. The number of benzene rings is 2. The van der Waals surface area contributed by atoms with E-state index in [0.29, 0.717) is 18.6 Å². The van der Waals surface area contributed by atoms with Crippen LogP contribution in [0.2, 0.25) is 5.02 Å². The number of methoxy groups -OCH3 is 1. The van der Waals surface area contributed by atoms with Gasteiger partial charge in [-0.3, -0.25) is 14.5 Å². The number of carbonyl (C=O) groups excluding carboxylic acids is 3. The van der Waals surface area contributed by atoms with Gasteiger partial charge >= 0.3 is 6.03 Å². The van der Waals surface area contributed by atoms with Crippen LogP contribution in [-0.2, 0) is 16.1 Å². The second kappa shape index (κ2) is 11.3. The van der Waals surface area contributed by atoms with Crippen LogP contribution in [0.3, 0.4) is 0 Å². The lowest BCUT2D eigenvalue weighted by molar-refractivity contribution is -0.146. The summed E-state index contributed by atoms with van der Waals surface area (Å²) in [6, 6.07) is 7.81. The molecule has 0 aromatic heterocycles. The molecule has 214 valence electrons. The Kier molecular flexibility index (Phi) is 8.01. The summed E-state index contributed by atoms with van der Waals surface area (Å²) in [5.41, 5.74) is -0.771. The highest BCUT2D eigenvalue weighted by molar-refractivity contribution is 6.30. The number of ether oxygens (including phenoxy) is 1. The number of carbonyl (C=O) groups is 3. The summed E-state index contributed by atoms with van der Waals surface area (Å²) in [5, 5.41) is 12.3. The third-order valence-corrected chi connectivity index (χ3v) is 8.84. The molecule has 0 unspecified atom stereocenters.